The molecular formula is C10H15N3O3. The average Bonchev–Trinajstić information content (AvgIpc) is 2.68. The van der Waals surface area contributed by atoms with Gasteiger partial charge in [0.1, 0.15) is 13.1 Å². The quantitative estimate of drug-likeness (QED) is 0.559. The molecule has 3 amide bonds. The van der Waals surface area contributed by atoms with E-state index in [-0.39, 0.29) is 19.0 Å². The van der Waals surface area contributed by atoms with Crippen LogP contribution in [0.1, 0.15) is 12.8 Å². The zero-order chi connectivity index (χ0) is 11.5. The molecular weight excluding hydrogens is 210 g/mol. The van der Waals surface area contributed by atoms with E-state index in [2.05, 4.69) is 10.6 Å². The van der Waals surface area contributed by atoms with Crippen molar-refractivity contribution >= 4 is 17.7 Å². The Morgan fingerprint density at radius 2 is 2.00 bits per heavy atom. The maximum absolute atomic E-state index is 11.8. The van der Waals surface area contributed by atoms with E-state index in [0.717, 1.165) is 19.5 Å². The Kier molecular flexibility index (Phi) is 3.19. The van der Waals surface area contributed by atoms with Gasteiger partial charge in [0.2, 0.25) is 17.7 Å². The van der Waals surface area contributed by atoms with Gasteiger partial charge in [-0.15, -0.1) is 0 Å². The van der Waals surface area contributed by atoms with E-state index in [4.69, 9.17) is 0 Å². The Balaban J connectivity index is 1.88. The zero-order valence-corrected chi connectivity index (χ0v) is 8.99. The smallest absolute Gasteiger partial charge is 0.246 e. The number of nitrogens with zero attached hydrogens (tertiary/aromatic N) is 1. The molecule has 2 rings (SSSR count). The predicted molar refractivity (Wildman–Crippen MR) is 55.3 cm³/mol. The maximum atomic E-state index is 11.8. The molecule has 6 nitrogen and oxygen atoms in total. The largest absolute Gasteiger partial charge is 0.324 e. The third-order valence-electron chi connectivity index (χ3n) is 2.93. The molecule has 2 aliphatic heterocycles. The van der Waals surface area contributed by atoms with Gasteiger partial charge in [-0.05, 0) is 25.4 Å². The Hall–Kier alpha value is -1.43. The fourth-order valence-corrected chi connectivity index (χ4v) is 2.08. The van der Waals surface area contributed by atoms with E-state index in [0.29, 0.717) is 12.3 Å². The second-order valence-corrected chi connectivity index (χ2v) is 4.28. The van der Waals surface area contributed by atoms with Gasteiger partial charge in [0.25, 0.3) is 0 Å². The molecule has 0 bridgehead atoms. The van der Waals surface area contributed by atoms with Gasteiger partial charge >= 0.3 is 0 Å². The molecule has 0 aliphatic carbocycles. The molecule has 0 aromatic rings. The first-order valence-corrected chi connectivity index (χ1v) is 5.46. The van der Waals surface area contributed by atoms with Crippen molar-refractivity contribution in [1.82, 2.24) is 15.5 Å². The van der Waals surface area contributed by atoms with Gasteiger partial charge in [-0.2, -0.15) is 0 Å². The van der Waals surface area contributed by atoms with E-state index in [1.165, 1.54) is 4.90 Å². The minimum Gasteiger partial charge on any atom is -0.324 e. The summed E-state index contributed by atoms with van der Waals surface area (Å²) in [6, 6.07) is 0. The van der Waals surface area contributed by atoms with Crippen LogP contribution in [-0.2, 0) is 14.4 Å². The van der Waals surface area contributed by atoms with Crippen LogP contribution in [0.2, 0.25) is 0 Å². The third-order valence-corrected chi connectivity index (χ3v) is 2.93. The van der Waals surface area contributed by atoms with Crippen molar-refractivity contribution in [2.45, 2.75) is 12.8 Å². The minimum atomic E-state index is -0.394. The van der Waals surface area contributed by atoms with E-state index < -0.39 is 11.8 Å². The first-order chi connectivity index (χ1) is 7.65. The van der Waals surface area contributed by atoms with Crippen LogP contribution < -0.4 is 10.6 Å². The first kappa shape index (κ1) is 11.1. The fraction of sp³-hybridized carbons (Fsp3) is 0.700. The van der Waals surface area contributed by atoms with Gasteiger partial charge in [0.05, 0.1) is 0 Å². The van der Waals surface area contributed by atoms with E-state index in [9.17, 15) is 14.4 Å². The van der Waals surface area contributed by atoms with Crippen molar-refractivity contribution in [2.75, 3.05) is 26.2 Å². The summed E-state index contributed by atoms with van der Waals surface area (Å²) in [5, 5.41) is 5.35. The minimum absolute atomic E-state index is 0.00468. The second kappa shape index (κ2) is 4.61. The van der Waals surface area contributed by atoms with Crippen LogP contribution in [0.3, 0.4) is 0 Å². The zero-order valence-electron chi connectivity index (χ0n) is 8.99. The Labute approximate surface area is 93.4 Å². The van der Waals surface area contributed by atoms with Crippen molar-refractivity contribution in [2.24, 2.45) is 5.92 Å². The highest BCUT2D eigenvalue weighted by atomic mass is 16.2. The summed E-state index contributed by atoms with van der Waals surface area (Å²) in [6.07, 6.45) is 1.41. The van der Waals surface area contributed by atoms with Crippen LogP contribution in [0.15, 0.2) is 0 Å². The summed E-state index contributed by atoms with van der Waals surface area (Å²) in [5.41, 5.74) is 0. The molecule has 2 aliphatic rings. The molecule has 2 N–H and O–H groups in total. The topological polar surface area (TPSA) is 78.5 Å². The molecule has 6 heteroatoms. The fourth-order valence-electron chi connectivity index (χ4n) is 2.08. The highest BCUT2D eigenvalue weighted by molar-refractivity contribution is 6.02. The second-order valence-electron chi connectivity index (χ2n) is 4.28. The number of nitrogens with one attached hydrogen (secondary N) is 2. The Morgan fingerprint density at radius 1 is 1.31 bits per heavy atom. The average molecular weight is 225 g/mol. The van der Waals surface area contributed by atoms with Crippen molar-refractivity contribution in [1.29, 1.82) is 0 Å². The summed E-state index contributed by atoms with van der Waals surface area (Å²) in [7, 11) is 0. The molecule has 0 radical (unpaired) electrons. The lowest BCUT2D eigenvalue weighted by molar-refractivity contribution is -0.145. The van der Waals surface area contributed by atoms with Crippen LogP contribution in [0.5, 0.6) is 0 Å². The SMILES string of the molecule is O=C1CN(C(=O)CC2CCNC2)CC(=O)N1. The van der Waals surface area contributed by atoms with Gasteiger partial charge in [0, 0.05) is 6.42 Å². The van der Waals surface area contributed by atoms with Crippen LogP contribution in [-0.4, -0.2) is 48.8 Å². The number of amides is 3. The molecule has 2 saturated heterocycles. The maximum Gasteiger partial charge on any atom is 0.246 e. The molecule has 0 spiro atoms. The van der Waals surface area contributed by atoms with Crippen molar-refractivity contribution in [3.8, 4) is 0 Å². The monoisotopic (exact) mass is 225 g/mol. The summed E-state index contributed by atoms with van der Waals surface area (Å²) in [5.74, 6) is -0.548. The molecule has 2 heterocycles. The Morgan fingerprint density at radius 3 is 2.56 bits per heavy atom. The number of piperazine rings is 1. The van der Waals surface area contributed by atoms with Gasteiger partial charge in [0.15, 0.2) is 0 Å². The summed E-state index contributed by atoms with van der Waals surface area (Å²) in [6.45, 7) is 1.80. The molecule has 2 fully saturated rings. The lowest BCUT2D eigenvalue weighted by atomic mass is 10.0. The van der Waals surface area contributed by atoms with E-state index in [1.807, 2.05) is 0 Å². The standard InChI is InChI=1S/C10H15N3O3/c14-8-5-13(6-9(15)12-8)10(16)3-7-1-2-11-4-7/h7,11H,1-6H2,(H,12,14,15). The molecule has 0 aromatic carbocycles. The van der Waals surface area contributed by atoms with Crippen molar-refractivity contribution in [3.05, 3.63) is 0 Å². The van der Waals surface area contributed by atoms with Gasteiger partial charge in [-0.3, -0.25) is 19.7 Å². The lowest BCUT2D eigenvalue weighted by Gasteiger charge is -2.26. The number of rotatable bonds is 2. The first-order valence-electron chi connectivity index (χ1n) is 5.46. The molecule has 88 valence electrons. The highest BCUT2D eigenvalue weighted by Crippen LogP contribution is 2.14. The lowest BCUT2D eigenvalue weighted by Crippen LogP contribution is -2.53. The number of hydrogen-bond donors (Lipinski definition) is 2. The molecule has 1 unspecified atom stereocenters. The Bertz CT molecular complexity index is 307. The third kappa shape index (κ3) is 2.57. The van der Waals surface area contributed by atoms with Crippen LogP contribution >= 0.6 is 0 Å². The van der Waals surface area contributed by atoms with Crippen LogP contribution in [0, 0.1) is 5.92 Å². The normalized spacial score (nSPS) is 25.8. The number of hydrogen-bond acceptors (Lipinski definition) is 4. The number of carbonyl (C=O) groups is 3. The molecule has 1 atom stereocenters. The van der Waals surface area contributed by atoms with Gasteiger partial charge in [-0.25, -0.2) is 0 Å². The molecule has 0 saturated carbocycles. The van der Waals surface area contributed by atoms with Gasteiger partial charge < -0.3 is 10.2 Å². The summed E-state index contributed by atoms with van der Waals surface area (Å²) >= 11 is 0. The molecule has 0 aromatic heterocycles. The van der Waals surface area contributed by atoms with Crippen molar-refractivity contribution < 1.29 is 14.4 Å². The van der Waals surface area contributed by atoms with Gasteiger partial charge in [-0.1, -0.05) is 0 Å². The summed E-state index contributed by atoms with van der Waals surface area (Å²) in [4.78, 5) is 35.3. The molecule has 16 heavy (non-hydrogen) atoms. The number of imide groups is 1. The highest BCUT2D eigenvalue weighted by Gasteiger charge is 2.28. The van der Waals surface area contributed by atoms with E-state index in [1.54, 1.807) is 0 Å². The van der Waals surface area contributed by atoms with Crippen molar-refractivity contribution in [3.63, 3.8) is 0 Å². The van der Waals surface area contributed by atoms with Crippen LogP contribution in [0.4, 0.5) is 0 Å². The summed E-state index contributed by atoms with van der Waals surface area (Å²) < 4.78 is 0. The van der Waals surface area contributed by atoms with E-state index >= 15 is 0 Å². The van der Waals surface area contributed by atoms with Crippen LogP contribution in [0.25, 0.3) is 0 Å². The predicted octanol–water partition coefficient (Wildman–Crippen LogP) is -1.53. The number of carbonyl (C=O) groups excluding carboxylic acids is 3.